The van der Waals surface area contributed by atoms with Crippen molar-refractivity contribution in [1.82, 2.24) is 15.3 Å². The van der Waals surface area contributed by atoms with E-state index in [4.69, 9.17) is 11.6 Å². The molecule has 0 saturated carbocycles. The molecule has 3 heterocycles. The van der Waals surface area contributed by atoms with Crippen molar-refractivity contribution >= 4 is 22.6 Å². The van der Waals surface area contributed by atoms with Gasteiger partial charge in [0.25, 0.3) is 0 Å². The number of hydrogen-bond donors (Lipinski definition) is 3. The van der Waals surface area contributed by atoms with Gasteiger partial charge in [0.05, 0.1) is 5.39 Å². The Morgan fingerprint density at radius 1 is 1.27 bits per heavy atom. The van der Waals surface area contributed by atoms with Gasteiger partial charge in [-0.15, -0.1) is 0 Å². The maximum atomic E-state index is 14.0. The molecular weight excluding hydrogens is 305 g/mol. The Bertz CT molecular complexity index is 873. The number of hydrogen-bond acceptors (Lipinski definition) is 3. The van der Waals surface area contributed by atoms with Gasteiger partial charge in [0.2, 0.25) is 0 Å². The van der Waals surface area contributed by atoms with E-state index in [2.05, 4.69) is 15.3 Å². The van der Waals surface area contributed by atoms with Gasteiger partial charge in [-0.25, -0.2) is 9.37 Å². The summed E-state index contributed by atoms with van der Waals surface area (Å²) in [5.74, 6) is -0.347. The maximum Gasteiger partial charge on any atom is 0.150 e. The first-order valence-electron chi connectivity index (χ1n) is 6.93. The molecule has 0 bridgehead atoms. The summed E-state index contributed by atoms with van der Waals surface area (Å²) in [7, 11) is 0. The molecule has 0 atom stereocenters. The molecule has 0 spiro atoms. The summed E-state index contributed by atoms with van der Waals surface area (Å²) in [4.78, 5) is 6.91. The largest absolute Gasteiger partial charge is 0.382 e. The van der Waals surface area contributed by atoms with Crippen LogP contribution >= 0.6 is 11.6 Å². The van der Waals surface area contributed by atoms with E-state index in [1.807, 2.05) is 6.07 Å². The zero-order chi connectivity index (χ0) is 15.3. The number of nitrogens with one attached hydrogen (secondary N) is 2. The van der Waals surface area contributed by atoms with Crippen LogP contribution in [0.25, 0.3) is 22.2 Å². The summed E-state index contributed by atoms with van der Waals surface area (Å²) in [6.07, 6.45) is 2.92. The summed E-state index contributed by atoms with van der Waals surface area (Å²) >= 11 is 6.34. The monoisotopic (exact) mass is 317 g/mol. The van der Waals surface area contributed by atoms with Gasteiger partial charge in [0, 0.05) is 36.1 Å². The van der Waals surface area contributed by atoms with Gasteiger partial charge in [-0.2, -0.15) is 0 Å². The van der Waals surface area contributed by atoms with Crippen molar-refractivity contribution in [2.75, 3.05) is 13.1 Å². The van der Waals surface area contributed by atoms with Gasteiger partial charge in [0.15, 0.2) is 5.82 Å². The maximum absolute atomic E-state index is 14.0. The molecular formula is C16H13ClFN3O. The van der Waals surface area contributed by atoms with Crippen LogP contribution in [0.3, 0.4) is 0 Å². The molecule has 22 heavy (non-hydrogen) atoms. The third-order valence-electron chi connectivity index (χ3n) is 4.14. The third kappa shape index (κ3) is 1.94. The lowest BCUT2D eigenvalue weighted by Crippen LogP contribution is -2.56. The number of benzene rings is 1. The Morgan fingerprint density at radius 3 is 2.77 bits per heavy atom. The smallest absolute Gasteiger partial charge is 0.150 e. The van der Waals surface area contributed by atoms with Crippen LogP contribution in [0.15, 0.2) is 36.7 Å². The Kier molecular flexibility index (Phi) is 2.97. The second-order valence-corrected chi connectivity index (χ2v) is 5.96. The van der Waals surface area contributed by atoms with Crippen LogP contribution in [0, 0.1) is 5.82 Å². The van der Waals surface area contributed by atoms with E-state index in [-0.39, 0.29) is 5.82 Å². The number of aromatic nitrogens is 2. The predicted octanol–water partition coefficient (Wildman–Crippen LogP) is 2.81. The molecule has 2 aromatic heterocycles. The van der Waals surface area contributed by atoms with Crippen molar-refractivity contribution in [3.63, 3.8) is 0 Å². The normalized spacial score (nSPS) is 16.7. The molecule has 1 aliphatic heterocycles. The van der Waals surface area contributed by atoms with Crippen LogP contribution in [0.2, 0.25) is 5.02 Å². The van der Waals surface area contributed by atoms with E-state index < -0.39 is 5.60 Å². The first kappa shape index (κ1) is 13.7. The standard InChI is InChI=1S/C16H13ClFN3O/c17-12-5-9(1-2-11(12)16(22)7-19-8-16)10-3-4-20-15-14(10)13(18)6-21-15/h1-6,19,22H,7-8H2,(H,20,21). The SMILES string of the molecule is OC1(c2ccc(-c3ccnc4[nH]cc(F)c34)cc2Cl)CNC1. The van der Waals surface area contributed by atoms with Crippen LogP contribution in [0.1, 0.15) is 5.56 Å². The molecule has 6 heteroatoms. The number of nitrogens with zero attached hydrogens (tertiary/aromatic N) is 1. The van der Waals surface area contributed by atoms with E-state index in [1.54, 1.807) is 24.4 Å². The highest BCUT2D eigenvalue weighted by Crippen LogP contribution is 2.36. The topological polar surface area (TPSA) is 60.9 Å². The minimum absolute atomic E-state index is 0.347. The third-order valence-corrected chi connectivity index (χ3v) is 4.45. The van der Waals surface area contributed by atoms with Crippen LogP contribution in [0.4, 0.5) is 4.39 Å². The molecule has 1 aliphatic rings. The minimum Gasteiger partial charge on any atom is -0.382 e. The second kappa shape index (κ2) is 4.78. The molecule has 0 unspecified atom stereocenters. The fourth-order valence-electron chi connectivity index (χ4n) is 2.87. The zero-order valence-corrected chi connectivity index (χ0v) is 12.3. The van der Waals surface area contributed by atoms with E-state index in [1.165, 1.54) is 6.20 Å². The molecule has 3 aromatic rings. The van der Waals surface area contributed by atoms with Gasteiger partial charge < -0.3 is 15.4 Å². The van der Waals surface area contributed by atoms with Gasteiger partial charge in [-0.1, -0.05) is 23.7 Å². The summed E-state index contributed by atoms with van der Waals surface area (Å²) in [6, 6.07) is 7.16. The molecule has 4 nitrogen and oxygen atoms in total. The van der Waals surface area contributed by atoms with Crippen molar-refractivity contribution < 1.29 is 9.50 Å². The number of H-pyrrole nitrogens is 1. The molecule has 3 N–H and O–H groups in total. The Hall–Kier alpha value is -1.95. The average molecular weight is 318 g/mol. The van der Waals surface area contributed by atoms with E-state index >= 15 is 0 Å². The lowest BCUT2D eigenvalue weighted by molar-refractivity contribution is -0.0145. The van der Waals surface area contributed by atoms with Gasteiger partial charge >= 0.3 is 0 Å². The molecule has 0 amide bonds. The summed E-state index contributed by atoms with van der Waals surface area (Å²) in [6.45, 7) is 0.968. The molecule has 4 rings (SSSR count). The van der Waals surface area contributed by atoms with Crippen LogP contribution in [0.5, 0.6) is 0 Å². The van der Waals surface area contributed by atoms with Crippen LogP contribution in [-0.2, 0) is 5.60 Å². The van der Waals surface area contributed by atoms with Gasteiger partial charge in [-0.3, -0.25) is 0 Å². The van der Waals surface area contributed by atoms with Crippen LogP contribution < -0.4 is 5.32 Å². The number of aliphatic hydroxyl groups is 1. The van der Waals surface area contributed by atoms with Gasteiger partial charge in [-0.05, 0) is 23.3 Å². The highest BCUT2D eigenvalue weighted by molar-refractivity contribution is 6.31. The molecule has 112 valence electrons. The Labute approximate surface area is 131 Å². The summed E-state index contributed by atoms with van der Waals surface area (Å²) < 4.78 is 14.0. The quantitative estimate of drug-likeness (QED) is 0.681. The Morgan fingerprint density at radius 2 is 2.09 bits per heavy atom. The van der Waals surface area contributed by atoms with E-state index in [0.29, 0.717) is 34.7 Å². The van der Waals surface area contributed by atoms with E-state index in [9.17, 15) is 9.50 Å². The van der Waals surface area contributed by atoms with Crippen molar-refractivity contribution in [2.45, 2.75) is 5.60 Å². The average Bonchev–Trinajstić information content (AvgIpc) is 2.86. The lowest BCUT2D eigenvalue weighted by Gasteiger charge is -2.38. The lowest BCUT2D eigenvalue weighted by atomic mass is 9.87. The number of pyridine rings is 1. The van der Waals surface area contributed by atoms with Crippen molar-refractivity contribution in [2.24, 2.45) is 0 Å². The van der Waals surface area contributed by atoms with Crippen molar-refractivity contribution in [3.05, 3.63) is 53.1 Å². The Balaban J connectivity index is 1.86. The molecule has 1 fully saturated rings. The summed E-state index contributed by atoms with van der Waals surface area (Å²) in [5, 5.41) is 14.3. The van der Waals surface area contributed by atoms with Crippen LogP contribution in [-0.4, -0.2) is 28.2 Å². The number of halogens is 2. The predicted molar refractivity (Wildman–Crippen MR) is 83.3 cm³/mol. The molecule has 0 radical (unpaired) electrons. The fraction of sp³-hybridized carbons (Fsp3) is 0.188. The highest BCUT2D eigenvalue weighted by atomic mass is 35.5. The zero-order valence-electron chi connectivity index (χ0n) is 11.5. The highest BCUT2D eigenvalue weighted by Gasteiger charge is 2.37. The van der Waals surface area contributed by atoms with Crippen molar-refractivity contribution in [1.29, 1.82) is 0 Å². The van der Waals surface area contributed by atoms with Gasteiger partial charge in [0.1, 0.15) is 11.2 Å². The van der Waals surface area contributed by atoms with Crippen molar-refractivity contribution in [3.8, 4) is 11.1 Å². The number of β-amino-alcohol motifs (C(OH)–C–C–N with tert-alkyl or cyclic N) is 1. The molecule has 0 aliphatic carbocycles. The number of rotatable bonds is 2. The second-order valence-electron chi connectivity index (χ2n) is 5.55. The fourth-order valence-corrected chi connectivity index (χ4v) is 3.23. The molecule has 1 aromatic carbocycles. The number of aromatic amines is 1. The first-order chi connectivity index (χ1) is 10.6. The molecule has 1 saturated heterocycles. The van der Waals surface area contributed by atoms with E-state index in [0.717, 1.165) is 11.1 Å². The number of fused-ring (bicyclic) bond motifs is 1. The minimum atomic E-state index is -0.914. The summed E-state index contributed by atoms with van der Waals surface area (Å²) in [5.41, 5.74) is 1.78. The first-order valence-corrected chi connectivity index (χ1v) is 7.31.